The van der Waals surface area contributed by atoms with Gasteiger partial charge in [0.15, 0.2) is 5.78 Å². The van der Waals surface area contributed by atoms with Gasteiger partial charge in [0.1, 0.15) is 5.69 Å². The van der Waals surface area contributed by atoms with Crippen molar-refractivity contribution in [2.45, 2.75) is 53.0 Å². The van der Waals surface area contributed by atoms with Crippen LogP contribution in [0.25, 0.3) is 0 Å². The SMILES string of the molecule is CCn1c(C)c(C(=O)CN(CCN(C)C)C(=O)C2CCCC2)c(C)c1C(=O)OC. The highest BCUT2D eigenvalue weighted by Crippen LogP contribution is 2.28. The van der Waals surface area contributed by atoms with Crippen molar-refractivity contribution in [1.29, 1.82) is 0 Å². The lowest BCUT2D eigenvalue weighted by atomic mass is 10.0. The minimum absolute atomic E-state index is 0.0260. The number of Topliss-reactive ketones (excluding diaryl/α,β-unsaturated/α-hetero) is 1. The van der Waals surface area contributed by atoms with E-state index in [-0.39, 0.29) is 24.2 Å². The molecule has 2 rings (SSSR count). The van der Waals surface area contributed by atoms with Crippen LogP contribution >= 0.6 is 0 Å². The summed E-state index contributed by atoms with van der Waals surface area (Å²) in [7, 11) is 5.26. The average Bonchev–Trinajstić information content (AvgIpc) is 3.30. The second-order valence-corrected chi connectivity index (χ2v) is 8.14. The maximum absolute atomic E-state index is 13.3. The number of esters is 1. The molecule has 1 heterocycles. The molecular formula is C22H35N3O4. The second kappa shape index (κ2) is 10.1. The van der Waals surface area contributed by atoms with Crippen molar-refractivity contribution in [3.63, 3.8) is 0 Å². The van der Waals surface area contributed by atoms with E-state index in [1.165, 1.54) is 7.11 Å². The van der Waals surface area contributed by atoms with Crippen molar-refractivity contribution in [2.75, 3.05) is 40.8 Å². The van der Waals surface area contributed by atoms with E-state index < -0.39 is 5.97 Å². The van der Waals surface area contributed by atoms with Gasteiger partial charge in [0.25, 0.3) is 0 Å². The number of rotatable bonds is 9. The largest absolute Gasteiger partial charge is 0.464 e. The quantitative estimate of drug-likeness (QED) is 0.467. The molecule has 7 nitrogen and oxygen atoms in total. The van der Waals surface area contributed by atoms with Crippen LogP contribution in [0, 0.1) is 19.8 Å². The van der Waals surface area contributed by atoms with E-state index in [1.54, 1.807) is 11.8 Å². The normalized spacial score (nSPS) is 14.4. The van der Waals surface area contributed by atoms with Gasteiger partial charge in [0.2, 0.25) is 5.91 Å². The Kier molecular flexibility index (Phi) is 8.02. The molecule has 0 saturated heterocycles. The Hall–Kier alpha value is -2.15. The van der Waals surface area contributed by atoms with Crippen molar-refractivity contribution in [3.05, 3.63) is 22.5 Å². The first-order valence-electron chi connectivity index (χ1n) is 10.5. The van der Waals surface area contributed by atoms with E-state index in [4.69, 9.17) is 4.74 Å². The Labute approximate surface area is 174 Å². The van der Waals surface area contributed by atoms with E-state index in [0.29, 0.717) is 36.5 Å². The fourth-order valence-corrected chi connectivity index (χ4v) is 4.33. The number of likely N-dealkylation sites (N-methyl/N-ethyl adjacent to an activating group) is 1. The van der Waals surface area contributed by atoms with Gasteiger partial charge in [-0.15, -0.1) is 0 Å². The standard InChI is InChI=1S/C22H35N3O4/c1-7-25-16(3)19(15(2)20(25)22(28)29-6)18(26)14-24(13-12-23(4)5)21(27)17-10-8-9-11-17/h17H,7-14H2,1-6H3. The van der Waals surface area contributed by atoms with Gasteiger partial charge in [-0.2, -0.15) is 0 Å². The number of ether oxygens (including phenoxy) is 1. The first-order valence-corrected chi connectivity index (χ1v) is 10.5. The minimum atomic E-state index is -0.446. The Bertz CT molecular complexity index is 761. The summed E-state index contributed by atoms with van der Waals surface area (Å²) >= 11 is 0. The van der Waals surface area contributed by atoms with E-state index in [1.807, 2.05) is 37.4 Å². The lowest BCUT2D eigenvalue weighted by Gasteiger charge is -2.26. The van der Waals surface area contributed by atoms with Gasteiger partial charge < -0.3 is 19.1 Å². The van der Waals surface area contributed by atoms with Crippen molar-refractivity contribution in [1.82, 2.24) is 14.4 Å². The molecule has 1 aliphatic carbocycles. The predicted octanol–water partition coefficient (Wildman–Crippen LogP) is 2.67. The molecule has 0 radical (unpaired) electrons. The maximum Gasteiger partial charge on any atom is 0.354 e. The summed E-state index contributed by atoms with van der Waals surface area (Å²) in [6.07, 6.45) is 3.96. The Morgan fingerprint density at radius 1 is 1.10 bits per heavy atom. The third-order valence-electron chi connectivity index (χ3n) is 5.91. The summed E-state index contributed by atoms with van der Waals surface area (Å²) in [6.45, 7) is 7.38. The number of nitrogens with zero attached hydrogens (tertiary/aromatic N) is 3. The molecular weight excluding hydrogens is 370 g/mol. The molecule has 0 bridgehead atoms. The van der Waals surface area contributed by atoms with Crippen molar-refractivity contribution < 1.29 is 19.1 Å². The second-order valence-electron chi connectivity index (χ2n) is 8.14. The summed E-state index contributed by atoms with van der Waals surface area (Å²) in [6, 6.07) is 0. The first-order chi connectivity index (χ1) is 13.7. The molecule has 0 N–H and O–H groups in total. The highest BCUT2D eigenvalue weighted by molar-refractivity contribution is 6.04. The molecule has 1 aliphatic rings. The van der Waals surface area contributed by atoms with E-state index >= 15 is 0 Å². The summed E-state index contributed by atoms with van der Waals surface area (Å²) in [5.74, 6) is -0.463. The van der Waals surface area contributed by atoms with Gasteiger partial charge in [-0.1, -0.05) is 12.8 Å². The summed E-state index contributed by atoms with van der Waals surface area (Å²) in [5, 5.41) is 0. The van der Waals surface area contributed by atoms with Gasteiger partial charge in [-0.3, -0.25) is 9.59 Å². The highest BCUT2D eigenvalue weighted by atomic mass is 16.5. The number of carbonyl (C=O) groups excluding carboxylic acids is 3. The van der Waals surface area contributed by atoms with Crippen molar-refractivity contribution in [3.8, 4) is 0 Å². The van der Waals surface area contributed by atoms with Crippen LogP contribution in [0.1, 0.15) is 64.7 Å². The van der Waals surface area contributed by atoms with Crippen molar-refractivity contribution in [2.24, 2.45) is 5.92 Å². The van der Waals surface area contributed by atoms with E-state index in [2.05, 4.69) is 0 Å². The number of carbonyl (C=O) groups is 3. The van der Waals surface area contributed by atoms with Gasteiger partial charge in [0, 0.05) is 36.8 Å². The number of aromatic nitrogens is 1. The first kappa shape index (κ1) is 23.1. The highest BCUT2D eigenvalue weighted by Gasteiger charge is 2.31. The van der Waals surface area contributed by atoms with Crippen LogP contribution in [0.15, 0.2) is 0 Å². The molecule has 29 heavy (non-hydrogen) atoms. The van der Waals surface area contributed by atoms with Crippen LogP contribution in [0.3, 0.4) is 0 Å². The Morgan fingerprint density at radius 3 is 2.24 bits per heavy atom. The third kappa shape index (κ3) is 5.07. The number of ketones is 1. The van der Waals surface area contributed by atoms with E-state index in [9.17, 15) is 14.4 Å². The zero-order valence-corrected chi connectivity index (χ0v) is 18.7. The summed E-state index contributed by atoms with van der Waals surface area (Å²) < 4.78 is 6.74. The molecule has 0 atom stereocenters. The third-order valence-corrected chi connectivity index (χ3v) is 5.91. The van der Waals surface area contributed by atoms with Crippen molar-refractivity contribution >= 4 is 17.7 Å². The number of amides is 1. The van der Waals surface area contributed by atoms with Gasteiger partial charge in [0.05, 0.1) is 13.7 Å². The van der Waals surface area contributed by atoms with Crippen LogP contribution in [-0.4, -0.2) is 72.9 Å². The molecule has 162 valence electrons. The molecule has 0 unspecified atom stereocenters. The lowest BCUT2D eigenvalue weighted by Crippen LogP contribution is -2.42. The number of hydrogen-bond donors (Lipinski definition) is 0. The average molecular weight is 406 g/mol. The zero-order valence-electron chi connectivity index (χ0n) is 18.7. The zero-order chi connectivity index (χ0) is 21.7. The fraction of sp³-hybridized carbons (Fsp3) is 0.682. The van der Waals surface area contributed by atoms with Crippen LogP contribution < -0.4 is 0 Å². The molecule has 1 saturated carbocycles. The molecule has 1 aromatic heterocycles. The molecule has 1 fully saturated rings. The molecule has 1 aromatic rings. The smallest absolute Gasteiger partial charge is 0.354 e. The number of methoxy groups -OCH3 is 1. The monoisotopic (exact) mass is 405 g/mol. The van der Waals surface area contributed by atoms with Crippen LogP contribution in [0.5, 0.6) is 0 Å². The Morgan fingerprint density at radius 2 is 1.72 bits per heavy atom. The predicted molar refractivity (Wildman–Crippen MR) is 112 cm³/mol. The molecule has 1 amide bonds. The lowest BCUT2D eigenvalue weighted by molar-refractivity contribution is -0.135. The van der Waals surface area contributed by atoms with Crippen LogP contribution in [-0.2, 0) is 16.1 Å². The van der Waals surface area contributed by atoms with Gasteiger partial charge in [-0.25, -0.2) is 4.79 Å². The van der Waals surface area contributed by atoms with Gasteiger partial charge in [-0.05, 0) is 53.3 Å². The summed E-state index contributed by atoms with van der Waals surface area (Å²) in [4.78, 5) is 42.3. The molecule has 0 spiro atoms. The fourth-order valence-electron chi connectivity index (χ4n) is 4.33. The van der Waals surface area contributed by atoms with Crippen LogP contribution in [0.2, 0.25) is 0 Å². The molecule has 0 aromatic carbocycles. The number of hydrogen-bond acceptors (Lipinski definition) is 5. The Balaban J connectivity index is 2.31. The maximum atomic E-state index is 13.3. The molecule has 7 heteroatoms. The van der Waals surface area contributed by atoms with Crippen LogP contribution in [0.4, 0.5) is 0 Å². The summed E-state index contributed by atoms with van der Waals surface area (Å²) in [5.41, 5.74) is 2.32. The minimum Gasteiger partial charge on any atom is -0.464 e. The van der Waals surface area contributed by atoms with Gasteiger partial charge >= 0.3 is 5.97 Å². The van der Waals surface area contributed by atoms with E-state index in [0.717, 1.165) is 31.4 Å². The topological polar surface area (TPSA) is 71.9 Å². The molecule has 0 aliphatic heterocycles.